The minimum Gasteiger partial charge on any atom is -0.220 e. The molecular weight excluding hydrogens is 353 g/mol. The van der Waals surface area contributed by atoms with Crippen LogP contribution in [0, 0.1) is 12.7 Å². The number of halogens is 3. The summed E-state index contributed by atoms with van der Waals surface area (Å²) in [5, 5.41) is 8.07. The molecule has 1 aromatic heterocycles. The first kappa shape index (κ1) is 12.7. The highest BCUT2D eigenvalue weighted by Crippen LogP contribution is 2.24. The molecule has 0 amide bonds. The molecule has 3 nitrogen and oxygen atoms in total. The maximum atomic E-state index is 13.3. The summed E-state index contributed by atoms with van der Waals surface area (Å²) in [6.45, 7) is 3.81. The Morgan fingerprint density at radius 3 is 2.71 bits per heavy atom. The van der Waals surface area contributed by atoms with Crippen LogP contribution in [0.4, 0.5) is 4.39 Å². The summed E-state index contributed by atoms with van der Waals surface area (Å²) in [6.07, 6.45) is 1.83. The van der Waals surface area contributed by atoms with E-state index in [1.807, 2.05) is 20.0 Å². The standard InChI is InChI=1S/C11H10Br2FN3/c1-6-3-9(14)8(13)4-11(6)17-5-10(7(2)12)15-16-17/h3-5,7H,1-2H3. The largest absolute Gasteiger partial charge is 0.220 e. The van der Waals surface area contributed by atoms with Crippen molar-refractivity contribution in [3.05, 3.63) is 39.9 Å². The van der Waals surface area contributed by atoms with Gasteiger partial charge in [-0.1, -0.05) is 21.1 Å². The van der Waals surface area contributed by atoms with Crippen LogP contribution >= 0.6 is 31.9 Å². The number of hydrogen-bond donors (Lipinski definition) is 0. The molecule has 0 fully saturated rings. The van der Waals surface area contributed by atoms with Crippen molar-refractivity contribution in [1.29, 1.82) is 0 Å². The molecule has 0 saturated heterocycles. The number of rotatable bonds is 2. The number of benzene rings is 1. The van der Waals surface area contributed by atoms with E-state index in [0.717, 1.165) is 16.9 Å². The van der Waals surface area contributed by atoms with E-state index in [0.29, 0.717) is 4.47 Å². The molecular formula is C11H10Br2FN3. The zero-order valence-electron chi connectivity index (χ0n) is 9.28. The fourth-order valence-electron chi connectivity index (χ4n) is 1.46. The molecule has 1 heterocycles. The molecule has 6 heteroatoms. The van der Waals surface area contributed by atoms with Gasteiger partial charge < -0.3 is 0 Å². The Bertz CT molecular complexity index is 552. The molecule has 0 aliphatic heterocycles. The molecule has 1 aromatic carbocycles. The van der Waals surface area contributed by atoms with Gasteiger partial charge in [0.15, 0.2) is 0 Å². The summed E-state index contributed by atoms with van der Waals surface area (Å²) in [5.74, 6) is -0.277. The van der Waals surface area contributed by atoms with Crippen molar-refractivity contribution in [2.24, 2.45) is 0 Å². The van der Waals surface area contributed by atoms with Crippen LogP contribution < -0.4 is 0 Å². The first-order valence-corrected chi connectivity index (χ1v) is 6.72. The summed E-state index contributed by atoms with van der Waals surface area (Å²) in [7, 11) is 0. The quantitative estimate of drug-likeness (QED) is 0.757. The molecule has 0 spiro atoms. The van der Waals surface area contributed by atoms with Gasteiger partial charge in [-0.3, -0.25) is 0 Å². The molecule has 1 atom stereocenters. The molecule has 2 rings (SSSR count). The highest BCUT2D eigenvalue weighted by atomic mass is 79.9. The predicted octanol–water partition coefficient (Wildman–Crippen LogP) is 3.93. The van der Waals surface area contributed by atoms with Crippen molar-refractivity contribution in [1.82, 2.24) is 15.0 Å². The number of nitrogens with zero attached hydrogens (tertiary/aromatic N) is 3. The minimum absolute atomic E-state index is 0.139. The van der Waals surface area contributed by atoms with Crippen LogP contribution in [0.3, 0.4) is 0 Å². The topological polar surface area (TPSA) is 30.7 Å². The third kappa shape index (κ3) is 2.57. The van der Waals surface area contributed by atoms with Gasteiger partial charge in [-0.2, -0.15) is 0 Å². The molecule has 2 aromatic rings. The molecule has 1 unspecified atom stereocenters. The average Bonchev–Trinajstić information content (AvgIpc) is 2.72. The molecule has 17 heavy (non-hydrogen) atoms. The van der Waals surface area contributed by atoms with Gasteiger partial charge in [-0.25, -0.2) is 9.07 Å². The van der Waals surface area contributed by atoms with Crippen LogP contribution in [0.15, 0.2) is 22.8 Å². The lowest BCUT2D eigenvalue weighted by molar-refractivity contribution is 0.618. The molecule has 0 aliphatic rings. The van der Waals surface area contributed by atoms with E-state index in [-0.39, 0.29) is 10.6 Å². The molecule has 0 aliphatic carbocycles. The second-order valence-corrected chi connectivity index (χ2v) is 5.98. The third-order valence-electron chi connectivity index (χ3n) is 2.40. The molecule has 0 N–H and O–H groups in total. The van der Waals surface area contributed by atoms with Crippen molar-refractivity contribution < 1.29 is 4.39 Å². The first-order valence-electron chi connectivity index (χ1n) is 5.01. The van der Waals surface area contributed by atoms with Gasteiger partial charge in [-0.15, -0.1) is 5.10 Å². The Kier molecular flexibility index (Phi) is 3.63. The average molecular weight is 363 g/mol. The Morgan fingerprint density at radius 2 is 2.12 bits per heavy atom. The zero-order chi connectivity index (χ0) is 12.6. The van der Waals surface area contributed by atoms with Gasteiger partial charge in [0.2, 0.25) is 0 Å². The Labute approximate surface area is 115 Å². The lowest BCUT2D eigenvalue weighted by atomic mass is 10.2. The Balaban J connectivity index is 2.49. The van der Waals surface area contributed by atoms with Gasteiger partial charge in [-0.05, 0) is 47.5 Å². The second-order valence-electron chi connectivity index (χ2n) is 3.76. The number of alkyl halides is 1. The van der Waals surface area contributed by atoms with Crippen LogP contribution in [0.5, 0.6) is 0 Å². The first-order chi connectivity index (χ1) is 7.99. The molecule has 90 valence electrons. The number of hydrogen-bond acceptors (Lipinski definition) is 2. The number of aryl methyl sites for hydroxylation is 1. The van der Waals surface area contributed by atoms with Gasteiger partial charge in [0.1, 0.15) is 5.82 Å². The summed E-state index contributed by atoms with van der Waals surface area (Å²) in [6, 6.07) is 3.17. The van der Waals surface area contributed by atoms with Gasteiger partial charge >= 0.3 is 0 Å². The van der Waals surface area contributed by atoms with E-state index >= 15 is 0 Å². The maximum absolute atomic E-state index is 13.3. The number of aromatic nitrogens is 3. The fourth-order valence-corrected chi connectivity index (χ4v) is 2.00. The van der Waals surface area contributed by atoms with E-state index in [9.17, 15) is 4.39 Å². The highest BCUT2D eigenvalue weighted by molar-refractivity contribution is 9.10. The van der Waals surface area contributed by atoms with E-state index in [1.165, 1.54) is 6.07 Å². The van der Waals surface area contributed by atoms with Crippen molar-refractivity contribution in [3.8, 4) is 5.69 Å². The van der Waals surface area contributed by atoms with Crippen molar-refractivity contribution in [2.45, 2.75) is 18.7 Å². The lowest BCUT2D eigenvalue weighted by Crippen LogP contribution is -1.99. The fraction of sp³-hybridized carbons (Fsp3) is 0.273. The van der Waals surface area contributed by atoms with Gasteiger partial charge in [0.25, 0.3) is 0 Å². The Morgan fingerprint density at radius 1 is 1.41 bits per heavy atom. The minimum atomic E-state index is -0.277. The normalized spacial score (nSPS) is 12.8. The second kappa shape index (κ2) is 4.86. The van der Waals surface area contributed by atoms with Crippen LogP contribution in [0.25, 0.3) is 5.69 Å². The van der Waals surface area contributed by atoms with Crippen LogP contribution in [0.2, 0.25) is 0 Å². The summed E-state index contributed by atoms with van der Waals surface area (Å²) < 4.78 is 15.4. The van der Waals surface area contributed by atoms with E-state index in [1.54, 1.807) is 10.7 Å². The van der Waals surface area contributed by atoms with Crippen molar-refractivity contribution >= 4 is 31.9 Å². The molecule has 0 bridgehead atoms. The summed E-state index contributed by atoms with van der Waals surface area (Å²) >= 11 is 6.60. The monoisotopic (exact) mass is 361 g/mol. The molecule has 0 saturated carbocycles. The van der Waals surface area contributed by atoms with Crippen LogP contribution in [-0.4, -0.2) is 15.0 Å². The summed E-state index contributed by atoms with van der Waals surface area (Å²) in [4.78, 5) is 0.139. The molecule has 0 radical (unpaired) electrons. The van der Waals surface area contributed by atoms with Crippen molar-refractivity contribution in [3.63, 3.8) is 0 Å². The van der Waals surface area contributed by atoms with Gasteiger partial charge in [0, 0.05) is 0 Å². The van der Waals surface area contributed by atoms with Gasteiger partial charge in [0.05, 0.1) is 26.9 Å². The summed E-state index contributed by atoms with van der Waals surface area (Å²) in [5.41, 5.74) is 2.46. The Hall–Kier alpha value is -0.750. The predicted molar refractivity (Wildman–Crippen MR) is 71.1 cm³/mol. The third-order valence-corrected chi connectivity index (χ3v) is 3.48. The van der Waals surface area contributed by atoms with E-state index in [2.05, 4.69) is 42.2 Å². The zero-order valence-corrected chi connectivity index (χ0v) is 12.5. The van der Waals surface area contributed by atoms with E-state index < -0.39 is 0 Å². The van der Waals surface area contributed by atoms with E-state index in [4.69, 9.17) is 0 Å². The highest BCUT2D eigenvalue weighted by Gasteiger charge is 2.11. The van der Waals surface area contributed by atoms with Crippen LogP contribution in [0.1, 0.15) is 23.0 Å². The lowest BCUT2D eigenvalue weighted by Gasteiger charge is -2.06. The van der Waals surface area contributed by atoms with Crippen LogP contribution in [-0.2, 0) is 0 Å². The SMILES string of the molecule is Cc1cc(F)c(Br)cc1-n1cc(C(C)Br)nn1. The smallest absolute Gasteiger partial charge is 0.137 e. The van der Waals surface area contributed by atoms with Crippen molar-refractivity contribution in [2.75, 3.05) is 0 Å². The maximum Gasteiger partial charge on any atom is 0.137 e.